The first-order chi connectivity index (χ1) is 15.2. The Morgan fingerprint density at radius 1 is 1.22 bits per heavy atom. The van der Waals surface area contributed by atoms with Crippen molar-refractivity contribution >= 4 is 11.6 Å². The molecule has 5 nitrogen and oxygen atoms in total. The molecule has 0 spiro atoms. The molecule has 1 atom stereocenters. The third-order valence-corrected chi connectivity index (χ3v) is 5.14. The summed E-state index contributed by atoms with van der Waals surface area (Å²) in [7, 11) is 1.59. The topological polar surface area (TPSA) is 51.1 Å². The van der Waals surface area contributed by atoms with E-state index in [0.717, 1.165) is 29.2 Å². The number of hydrogen-bond acceptors (Lipinski definition) is 4. The van der Waals surface area contributed by atoms with Gasteiger partial charge in [-0.3, -0.25) is 4.79 Å². The maximum Gasteiger partial charge on any atom is 0.416 e. The van der Waals surface area contributed by atoms with Crippen LogP contribution in [0.15, 0.2) is 53.7 Å². The summed E-state index contributed by atoms with van der Waals surface area (Å²) >= 11 is 0. The van der Waals surface area contributed by atoms with Crippen molar-refractivity contribution in [2.75, 3.05) is 13.7 Å². The number of benzene rings is 2. The summed E-state index contributed by atoms with van der Waals surface area (Å²) in [5.41, 5.74) is 1.35. The van der Waals surface area contributed by atoms with Crippen LogP contribution >= 0.6 is 0 Å². The molecule has 1 heterocycles. The van der Waals surface area contributed by atoms with Crippen LogP contribution in [0.2, 0.25) is 0 Å². The molecular weight excluding hydrogens is 421 g/mol. The SMILES string of the molecule is COc1ccc(C2=NO[C@H](CN(Cc3cccc(C(F)(F)F)c3)C(=O)CC(C)C)C2)cc1. The lowest BCUT2D eigenvalue weighted by molar-refractivity contribution is -0.137. The van der Waals surface area contributed by atoms with Crippen molar-refractivity contribution < 1.29 is 27.5 Å². The van der Waals surface area contributed by atoms with Crippen molar-refractivity contribution in [3.8, 4) is 5.75 Å². The van der Waals surface area contributed by atoms with E-state index in [1.54, 1.807) is 18.1 Å². The number of nitrogens with zero attached hydrogens (tertiary/aromatic N) is 2. The maximum absolute atomic E-state index is 13.1. The van der Waals surface area contributed by atoms with E-state index < -0.39 is 11.7 Å². The fourth-order valence-electron chi connectivity index (χ4n) is 3.53. The van der Waals surface area contributed by atoms with Gasteiger partial charge in [-0.25, -0.2) is 0 Å². The van der Waals surface area contributed by atoms with Crippen molar-refractivity contribution in [2.24, 2.45) is 11.1 Å². The molecule has 0 aromatic heterocycles. The van der Waals surface area contributed by atoms with Gasteiger partial charge in [0.2, 0.25) is 5.91 Å². The number of carbonyl (C=O) groups is 1. The standard InChI is InChI=1S/C24H27F3N2O3/c1-16(2)11-23(30)29(14-17-5-4-6-19(12-17)24(25,26)27)15-21-13-22(28-32-21)18-7-9-20(31-3)10-8-18/h4-10,12,16,21H,11,13-15H2,1-3H3/t21-/m0/s1. The number of alkyl halides is 3. The third kappa shape index (κ3) is 6.24. The first-order valence-corrected chi connectivity index (χ1v) is 10.5. The predicted octanol–water partition coefficient (Wildman–Crippen LogP) is 5.28. The molecule has 0 saturated heterocycles. The minimum Gasteiger partial charge on any atom is -0.497 e. The molecule has 172 valence electrons. The molecular formula is C24H27F3N2O3. The molecule has 0 fully saturated rings. The van der Waals surface area contributed by atoms with Gasteiger partial charge < -0.3 is 14.5 Å². The van der Waals surface area contributed by atoms with Gasteiger partial charge in [0.25, 0.3) is 0 Å². The van der Waals surface area contributed by atoms with Crippen LogP contribution in [-0.4, -0.2) is 36.3 Å². The van der Waals surface area contributed by atoms with Crippen LogP contribution in [0, 0.1) is 5.92 Å². The lowest BCUT2D eigenvalue weighted by atomic mass is 10.0. The Hall–Kier alpha value is -3.03. The summed E-state index contributed by atoms with van der Waals surface area (Å²) in [6, 6.07) is 12.5. The van der Waals surface area contributed by atoms with Gasteiger partial charge in [0.15, 0.2) is 6.10 Å². The van der Waals surface area contributed by atoms with E-state index in [1.807, 2.05) is 38.1 Å². The first-order valence-electron chi connectivity index (χ1n) is 10.5. The van der Waals surface area contributed by atoms with Crippen LogP contribution in [-0.2, 0) is 22.4 Å². The molecule has 1 aliphatic rings. The second kappa shape index (κ2) is 10.1. The molecule has 2 aromatic carbocycles. The van der Waals surface area contributed by atoms with E-state index in [4.69, 9.17) is 9.57 Å². The highest BCUT2D eigenvalue weighted by Gasteiger charge is 2.31. The molecule has 3 rings (SSSR count). The highest BCUT2D eigenvalue weighted by molar-refractivity contribution is 6.01. The van der Waals surface area contributed by atoms with Crippen molar-refractivity contribution in [2.45, 2.75) is 45.5 Å². The van der Waals surface area contributed by atoms with E-state index in [2.05, 4.69) is 5.16 Å². The van der Waals surface area contributed by atoms with Gasteiger partial charge >= 0.3 is 6.18 Å². The van der Waals surface area contributed by atoms with Crippen LogP contribution in [0.4, 0.5) is 13.2 Å². The summed E-state index contributed by atoms with van der Waals surface area (Å²) in [5, 5.41) is 4.16. The zero-order valence-corrected chi connectivity index (χ0v) is 18.4. The molecule has 1 aliphatic heterocycles. The number of halogens is 3. The van der Waals surface area contributed by atoms with E-state index in [9.17, 15) is 18.0 Å². The van der Waals surface area contributed by atoms with Crippen molar-refractivity contribution in [1.82, 2.24) is 4.90 Å². The second-order valence-electron chi connectivity index (χ2n) is 8.27. The molecule has 0 aliphatic carbocycles. The minimum absolute atomic E-state index is 0.0766. The number of carbonyl (C=O) groups excluding carboxylic acids is 1. The normalized spacial score (nSPS) is 16.0. The number of rotatable bonds is 8. The Kier molecular flexibility index (Phi) is 7.43. The van der Waals surface area contributed by atoms with Crippen LogP contribution in [0.25, 0.3) is 0 Å². The van der Waals surface area contributed by atoms with Crippen LogP contribution in [0.1, 0.15) is 43.4 Å². The minimum atomic E-state index is -4.43. The Morgan fingerprint density at radius 2 is 1.94 bits per heavy atom. The lowest BCUT2D eigenvalue weighted by Gasteiger charge is -2.26. The highest BCUT2D eigenvalue weighted by atomic mass is 19.4. The Morgan fingerprint density at radius 3 is 2.56 bits per heavy atom. The zero-order valence-electron chi connectivity index (χ0n) is 18.4. The van der Waals surface area contributed by atoms with Gasteiger partial charge in [-0.05, 0) is 53.4 Å². The average molecular weight is 448 g/mol. The first kappa shape index (κ1) is 23.6. The number of ether oxygens (including phenoxy) is 1. The van der Waals surface area contributed by atoms with Crippen LogP contribution < -0.4 is 4.74 Å². The maximum atomic E-state index is 13.1. The van der Waals surface area contributed by atoms with Gasteiger partial charge in [0.05, 0.1) is 24.9 Å². The lowest BCUT2D eigenvalue weighted by Crippen LogP contribution is -2.37. The molecule has 0 radical (unpaired) electrons. The quantitative estimate of drug-likeness (QED) is 0.552. The molecule has 8 heteroatoms. The van der Waals surface area contributed by atoms with Gasteiger partial charge in [-0.2, -0.15) is 13.2 Å². The molecule has 2 aromatic rings. The second-order valence-corrected chi connectivity index (χ2v) is 8.27. The van der Waals surface area contributed by atoms with Gasteiger partial charge in [-0.15, -0.1) is 0 Å². The van der Waals surface area contributed by atoms with E-state index >= 15 is 0 Å². The smallest absolute Gasteiger partial charge is 0.416 e. The van der Waals surface area contributed by atoms with Crippen LogP contribution in [0.5, 0.6) is 5.75 Å². The Bertz CT molecular complexity index is 956. The summed E-state index contributed by atoms with van der Waals surface area (Å²) in [4.78, 5) is 20.0. The fourth-order valence-corrected chi connectivity index (χ4v) is 3.53. The molecule has 0 saturated carbocycles. The van der Waals surface area contributed by atoms with Crippen molar-refractivity contribution in [1.29, 1.82) is 0 Å². The zero-order chi connectivity index (χ0) is 23.3. The largest absolute Gasteiger partial charge is 0.497 e. The Balaban J connectivity index is 1.71. The van der Waals surface area contributed by atoms with Crippen molar-refractivity contribution in [3.05, 3.63) is 65.2 Å². The van der Waals surface area contributed by atoms with E-state index in [1.165, 1.54) is 6.07 Å². The van der Waals surface area contributed by atoms with Gasteiger partial charge in [-0.1, -0.05) is 31.1 Å². The third-order valence-electron chi connectivity index (χ3n) is 5.14. The molecule has 0 N–H and O–H groups in total. The highest BCUT2D eigenvalue weighted by Crippen LogP contribution is 2.30. The average Bonchev–Trinajstić information content (AvgIpc) is 3.21. The van der Waals surface area contributed by atoms with Gasteiger partial charge in [0.1, 0.15) is 5.75 Å². The molecule has 1 amide bonds. The number of methoxy groups -OCH3 is 1. The van der Waals surface area contributed by atoms with E-state index in [-0.39, 0.29) is 31.0 Å². The summed E-state index contributed by atoms with van der Waals surface area (Å²) < 4.78 is 44.4. The van der Waals surface area contributed by atoms with Crippen LogP contribution in [0.3, 0.4) is 0 Å². The summed E-state index contributed by atoms with van der Waals surface area (Å²) in [5.74, 6) is 0.734. The van der Waals surface area contributed by atoms with E-state index in [0.29, 0.717) is 18.4 Å². The number of amides is 1. The molecule has 32 heavy (non-hydrogen) atoms. The fraction of sp³-hybridized carbons (Fsp3) is 0.417. The van der Waals surface area contributed by atoms with Gasteiger partial charge in [0, 0.05) is 19.4 Å². The summed E-state index contributed by atoms with van der Waals surface area (Å²) in [6.07, 6.45) is -3.99. The molecule has 0 unspecified atom stereocenters. The number of oxime groups is 1. The molecule has 0 bridgehead atoms. The predicted molar refractivity (Wildman–Crippen MR) is 115 cm³/mol. The summed E-state index contributed by atoms with van der Waals surface area (Å²) in [6.45, 7) is 4.17. The Labute approximate surface area is 185 Å². The monoisotopic (exact) mass is 448 g/mol. The van der Waals surface area contributed by atoms with Crippen molar-refractivity contribution in [3.63, 3.8) is 0 Å². The number of hydrogen-bond donors (Lipinski definition) is 0.